The monoisotopic (exact) mass is 211 g/mol. The Balaban J connectivity index is 2.18. The van der Waals surface area contributed by atoms with Crippen molar-refractivity contribution in [2.45, 2.75) is 43.0 Å². The average molecular weight is 211 g/mol. The molecule has 0 unspecified atom stereocenters. The van der Waals surface area contributed by atoms with Crippen molar-refractivity contribution in [1.29, 1.82) is 0 Å². The van der Waals surface area contributed by atoms with Crippen molar-refractivity contribution in [2.75, 3.05) is 12.0 Å². The van der Waals surface area contributed by atoms with Crippen LogP contribution in [0.2, 0.25) is 0 Å². The first-order valence-electron chi connectivity index (χ1n) is 5.20. The minimum Gasteiger partial charge on any atom is -0.383 e. The lowest BCUT2D eigenvalue weighted by Gasteiger charge is -2.22. The number of rotatable bonds is 2. The predicted octanol–water partition coefficient (Wildman–Crippen LogP) is 2.69. The molecule has 1 aliphatic carbocycles. The average Bonchev–Trinajstić information content (AvgIpc) is 2.61. The minimum atomic E-state index is 0.546. The van der Waals surface area contributed by atoms with Gasteiger partial charge in [-0.1, -0.05) is 19.3 Å². The van der Waals surface area contributed by atoms with E-state index in [9.17, 15) is 0 Å². The fraction of sp³-hybridized carbons (Fsp3) is 0.700. The highest BCUT2D eigenvalue weighted by molar-refractivity contribution is 7.98. The van der Waals surface area contributed by atoms with E-state index in [0.717, 1.165) is 10.7 Å². The van der Waals surface area contributed by atoms with Gasteiger partial charge in [-0.2, -0.15) is 5.10 Å². The fourth-order valence-electron chi connectivity index (χ4n) is 2.13. The van der Waals surface area contributed by atoms with Crippen LogP contribution in [0.4, 0.5) is 5.82 Å². The largest absolute Gasteiger partial charge is 0.383 e. The summed E-state index contributed by atoms with van der Waals surface area (Å²) in [6, 6.07) is 0.546. The molecule has 1 aromatic rings. The van der Waals surface area contributed by atoms with Crippen molar-refractivity contribution in [3.8, 4) is 0 Å². The number of nitrogen functional groups attached to an aromatic ring is 1. The Kier molecular flexibility index (Phi) is 3.01. The first-order chi connectivity index (χ1) is 6.83. The van der Waals surface area contributed by atoms with Crippen LogP contribution in [0.3, 0.4) is 0 Å². The van der Waals surface area contributed by atoms with Crippen molar-refractivity contribution in [3.63, 3.8) is 0 Å². The van der Waals surface area contributed by atoms with Gasteiger partial charge in [0.25, 0.3) is 0 Å². The van der Waals surface area contributed by atoms with E-state index in [-0.39, 0.29) is 0 Å². The molecule has 0 spiro atoms. The van der Waals surface area contributed by atoms with Gasteiger partial charge in [0.05, 0.1) is 17.1 Å². The highest BCUT2D eigenvalue weighted by atomic mass is 32.2. The molecule has 0 atom stereocenters. The molecule has 0 amide bonds. The Morgan fingerprint density at radius 1 is 1.43 bits per heavy atom. The van der Waals surface area contributed by atoms with E-state index in [1.807, 2.05) is 17.1 Å². The van der Waals surface area contributed by atoms with Crippen LogP contribution in [0.25, 0.3) is 0 Å². The molecule has 0 radical (unpaired) electrons. The molecule has 1 saturated carbocycles. The lowest BCUT2D eigenvalue weighted by Crippen LogP contribution is -2.16. The summed E-state index contributed by atoms with van der Waals surface area (Å²) in [5.41, 5.74) is 6.02. The van der Waals surface area contributed by atoms with Gasteiger partial charge in [-0.25, -0.2) is 4.68 Å². The third kappa shape index (κ3) is 1.75. The molecule has 0 aromatic carbocycles. The maximum Gasteiger partial charge on any atom is 0.135 e. The highest BCUT2D eigenvalue weighted by Crippen LogP contribution is 2.32. The van der Waals surface area contributed by atoms with Crippen LogP contribution in [0, 0.1) is 0 Å². The molecule has 2 rings (SSSR count). The molecular formula is C10H17N3S. The quantitative estimate of drug-likeness (QED) is 0.765. The van der Waals surface area contributed by atoms with Crippen LogP contribution >= 0.6 is 11.8 Å². The van der Waals surface area contributed by atoms with Gasteiger partial charge in [0, 0.05) is 0 Å². The van der Waals surface area contributed by atoms with Crippen molar-refractivity contribution >= 4 is 17.6 Å². The second-order valence-electron chi connectivity index (χ2n) is 3.83. The normalized spacial score (nSPS) is 18.6. The Morgan fingerprint density at radius 3 is 2.71 bits per heavy atom. The number of thioether (sulfide) groups is 1. The molecule has 4 heteroatoms. The summed E-state index contributed by atoms with van der Waals surface area (Å²) in [6.45, 7) is 0. The predicted molar refractivity (Wildman–Crippen MR) is 60.5 cm³/mol. The molecule has 1 aliphatic rings. The van der Waals surface area contributed by atoms with Crippen LogP contribution in [-0.2, 0) is 0 Å². The van der Waals surface area contributed by atoms with Crippen molar-refractivity contribution < 1.29 is 0 Å². The third-order valence-corrected chi connectivity index (χ3v) is 3.69. The zero-order valence-corrected chi connectivity index (χ0v) is 9.39. The summed E-state index contributed by atoms with van der Waals surface area (Å²) in [4.78, 5) is 1.11. The maximum absolute atomic E-state index is 6.02. The van der Waals surface area contributed by atoms with Crippen molar-refractivity contribution in [1.82, 2.24) is 9.78 Å². The summed E-state index contributed by atoms with van der Waals surface area (Å²) in [6.07, 6.45) is 10.4. The van der Waals surface area contributed by atoms with Gasteiger partial charge in [0.1, 0.15) is 5.82 Å². The third-order valence-electron chi connectivity index (χ3n) is 2.94. The molecule has 1 fully saturated rings. The number of hydrogen-bond acceptors (Lipinski definition) is 3. The molecule has 14 heavy (non-hydrogen) atoms. The van der Waals surface area contributed by atoms with E-state index in [1.165, 1.54) is 32.1 Å². The van der Waals surface area contributed by atoms with E-state index in [1.54, 1.807) is 11.8 Å². The van der Waals surface area contributed by atoms with Gasteiger partial charge in [0.2, 0.25) is 0 Å². The SMILES string of the molecule is CSc1cnn(C2CCCCC2)c1N. The molecule has 0 aliphatic heterocycles. The molecule has 0 bridgehead atoms. The summed E-state index contributed by atoms with van der Waals surface area (Å²) < 4.78 is 2.02. The van der Waals surface area contributed by atoms with Crippen molar-refractivity contribution in [2.24, 2.45) is 0 Å². The number of nitrogens with two attached hydrogens (primary N) is 1. The Labute approximate surface area is 89.1 Å². The maximum atomic E-state index is 6.02. The number of aromatic nitrogens is 2. The number of anilines is 1. The first-order valence-corrected chi connectivity index (χ1v) is 6.42. The van der Waals surface area contributed by atoms with Gasteiger partial charge in [0.15, 0.2) is 0 Å². The lowest BCUT2D eigenvalue weighted by atomic mass is 9.96. The van der Waals surface area contributed by atoms with Gasteiger partial charge in [-0.05, 0) is 19.1 Å². The first kappa shape index (κ1) is 9.90. The topological polar surface area (TPSA) is 43.8 Å². The molecule has 0 saturated heterocycles. The van der Waals surface area contributed by atoms with E-state index in [4.69, 9.17) is 5.73 Å². The van der Waals surface area contributed by atoms with E-state index < -0.39 is 0 Å². The number of hydrogen-bond donors (Lipinski definition) is 1. The van der Waals surface area contributed by atoms with Gasteiger partial charge in [-0.3, -0.25) is 0 Å². The zero-order chi connectivity index (χ0) is 9.97. The van der Waals surface area contributed by atoms with Crippen molar-refractivity contribution in [3.05, 3.63) is 6.20 Å². The second-order valence-corrected chi connectivity index (χ2v) is 4.68. The van der Waals surface area contributed by atoms with Gasteiger partial charge < -0.3 is 5.73 Å². The minimum absolute atomic E-state index is 0.546. The molecular weight excluding hydrogens is 194 g/mol. The van der Waals surface area contributed by atoms with E-state index >= 15 is 0 Å². The van der Waals surface area contributed by atoms with Gasteiger partial charge >= 0.3 is 0 Å². The highest BCUT2D eigenvalue weighted by Gasteiger charge is 2.18. The summed E-state index contributed by atoms with van der Waals surface area (Å²) in [7, 11) is 0. The second kappa shape index (κ2) is 4.26. The number of nitrogens with zero attached hydrogens (tertiary/aromatic N) is 2. The fourth-order valence-corrected chi connectivity index (χ4v) is 2.58. The Bertz CT molecular complexity index is 302. The van der Waals surface area contributed by atoms with Crippen LogP contribution in [0.15, 0.2) is 11.1 Å². The Hall–Kier alpha value is -0.640. The van der Waals surface area contributed by atoms with E-state index in [2.05, 4.69) is 5.10 Å². The molecule has 78 valence electrons. The van der Waals surface area contributed by atoms with Crippen LogP contribution < -0.4 is 5.73 Å². The molecule has 1 aromatic heterocycles. The van der Waals surface area contributed by atoms with Crippen LogP contribution in [0.1, 0.15) is 38.1 Å². The molecule has 2 N–H and O–H groups in total. The zero-order valence-electron chi connectivity index (χ0n) is 8.57. The summed E-state index contributed by atoms with van der Waals surface area (Å²) in [5.74, 6) is 0.851. The molecule has 3 nitrogen and oxygen atoms in total. The lowest BCUT2D eigenvalue weighted by molar-refractivity contribution is 0.333. The smallest absolute Gasteiger partial charge is 0.135 e. The summed E-state index contributed by atoms with van der Waals surface area (Å²) >= 11 is 1.67. The summed E-state index contributed by atoms with van der Waals surface area (Å²) in [5, 5.41) is 4.38. The van der Waals surface area contributed by atoms with Crippen LogP contribution in [0.5, 0.6) is 0 Å². The van der Waals surface area contributed by atoms with Gasteiger partial charge in [-0.15, -0.1) is 11.8 Å². The molecule has 1 heterocycles. The van der Waals surface area contributed by atoms with E-state index in [0.29, 0.717) is 6.04 Å². The standard InChI is InChI=1S/C10H17N3S/c1-14-9-7-12-13(10(9)11)8-5-3-2-4-6-8/h7-8H,2-6,11H2,1H3. The van der Waals surface area contributed by atoms with Crippen LogP contribution in [-0.4, -0.2) is 16.0 Å². The Morgan fingerprint density at radius 2 is 2.14 bits per heavy atom.